The second kappa shape index (κ2) is 11.0. The van der Waals surface area contributed by atoms with Gasteiger partial charge in [-0.1, -0.05) is 27.7 Å². The van der Waals surface area contributed by atoms with Gasteiger partial charge in [-0.2, -0.15) is 0 Å². The van der Waals surface area contributed by atoms with E-state index < -0.39 is 0 Å². The molecule has 88 valence electrons. The average Bonchev–Trinajstić information content (AvgIpc) is 2.17. The van der Waals surface area contributed by atoms with E-state index in [1.54, 1.807) is 0 Å². The third-order valence-corrected chi connectivity index (χ3v) is 2.29. The van der Waals surface area contributed by atoms with Crippen molar-refractivity contribution in [2.24, 2.45) is 17.6 Å². The van der Waals surface area contributed by atoms with E-state index >= 15 is 0 Å². The molecular formula is C12H29NO. The zero-order valence-corrected chi connectivity index (χ0v) is 10.8. The highest BCUT2D eigenvalue weighted by Gasteiger charge is 2.11. The van der Waals surface area contributed by atoms with Crippen molar-refractivity contribution in [2.75, 3.05) is 13.2 Å². The average molecular weight is 203 g/mol. The lowest BCUT2D eigenvalue weighted by atomic mass is 9.94. The topological polar surface area (TPSA) is 35.2 Å². The molecule has 0 saturated heterocycles. The summed E-state index contributed by atoms with van der Waals surface area (Å²) in [6.45, 7) is 14.2. The molecule has 0 aliphatic heterocycles. The monoisotopic (exact) mass is 203 g/mol. The highest BCUT2D eigenvalue weighted by atomic mass is 16.5. The minimum Gasteiger partial charge on any atom is -0.379 e. The predicted molar refractivity (Wildman–Crippen MR) is 64.4 cm³/mol. The molecule has 0 aliphatic rings. The van der Waals surface area contributed by atoms with Gasteiger partial charge >= 0.3 is 0 Å². The number of rotatable bonds is 6. The molecule has 0 heterocycles. The lowest BCUT2D eigenvalue weighted by Gasteiger charge is -2.20. The molecule has 0 bridgehead atoms. The molecule has 0 aliphatic carbocycles. The summed E-state index contributed by atoms with van der Waals surface area (Å²) >= 11 is 0. The van der Waals surface area contributed by atoms with Gasteiger partial charge in [0.2, 0.25) is 0 Å². The molecule has 2 atom stereocenters. The molecule has 0 saturated carbocycles. The summed E-state index contributed by atoms with van der Waals surface area (Å²) in [5, 5.41) is 0. The largest absolute Gasteiger partial charge is 0.379 e. The first-order chi connectivity index (χ1) is 6.57. The molecule has 2 unspecified atom stereocenters. The van der Waals surface area contributed by atoms with Crippen LogP contribution in [0.1, 0.15) is 48.0 Å². The minimum absolute atomic E-state index is 0.345. The van der Waals surface area contributed by atoms with Crippen molar-refractivity contribution in [3.8, 4) is 0 Å². The van der Waals surface area contributed by atoms with Crippen molar-refractivity contribution in [3.05, 3.63) is 0 Å². The molecule has 0 aromatic rings. The summed E-state index contributed by atoms with van der Waals surface area (Å²) < 4.78 is 5.53. The highest BCUT2D eigenvalue weighted by Crippen LogP contribution is 2.14. The van der Waals surface area contributed by atoms with E-state index in [2.05, 4.69) is 27.7 Å². The first-order valence-electron chi connectivity index (χ1n) is 5.89. The fraction of sp³-hybridized carbons (Fsp3) is 1.00. The SMILES string of the molecule is CC.CC(C)OCC(C)C(C)CCN. The zero-order valence-electron chi connectivity index (χ0n) is 10.8. The number of hydrogen-bond acceptors (Lipinski definition) is 2. The van der Waals surface area contributed by atoms with Crippen LogP contribution in [0.2, 0.25) is 0 Å². The van der Waals surface area contributed by atoms with Crippen molar-refractivity contribution in [1.82, 2.24) is 0 Å². The van der Waals surface area contributed by atoms with Crippen LogP contribution in [-0.2, 0) is 4.74 Å². The molecule has 2 N–H and O–H groups in total. The number of hydrogen-bond donors (Lipinski definition) is 1. The van der Waals surface area contributed by atoms with Gasteiger partial charge in [0.25, 0.3) is 0 Å². The van der Waals surface area contributed by atoms with Crippen LogP contribution in [0.4, 0.5) is 0 Å². The first kappa shape index (κ1) is 16.4. The molecule has 14 heavy (non-hydrogen) atoms. The van der Waals surface area contributed by atoms with Crippen LogP contribution in [0.3, 0.4) is 0 Å². The zero-order chi connectivity index (χ0) is 11.6. The summed E-state index contributed by atoms with van der Waals surface area (Å²) in [5.41, 5.74) is 5.48. The van der Waals surface area contributed by atoms with Crippen LogP contribution in [0.5, 0.6) is 0 Å². The Labute approximate surface area is 90.2 Å². The van der Waals surface area contributed by atoms with E-state index in [0.717, 1.165) is 19.6 Å². The van der Waals surface area contributed by atoms with Gasteiger partial charge in [-0.05, 0) is 38.6 Å². The minimum atomic E-state index is 0.345. The standard InChI is InChI=1S/C10H23NO.C2H6/c1-8(2)12-7-10(4)9(3)5-6-11;1-2/h8-10H,5-7,11H2,1-4H3;1-2H3. The summed E-state index contributed by atoms with van der Waals surface area (Å²) in [5.74, 6) is 1.30. The Morgan fingerprint density at radius 1 is 1.00 bits per heavy atom. The van der Waals surface area contributed by atoms with Crippen LogP contribution in [0.25, 0.3) is 0 Å². The summed E-state index contributed by atoms with van der Waals surface area (Å²) in [7, 11) is 0. The van der Waals surface area contributed by atoms with Crippen molar-refractivity contribution in [3.63, 3.8) is 0 Å². The maximum atomic E-state index is 5.53. The molecule has 0 rings (SSSR count). The van der Waals surface area contributed by atoms with Crippen LogP contribution in [0.15, 0.2) is 0 Å². The van der Waals surface area contributed by atoms with Gasteiger partial charge in [0, 0.05) is 6.61 Å². The normalized spacial score (nSPS) is 14.6. The van der Waals surface area contributed by atoms with E-state index in [-0.39, 0.29) is 0 Å². The molecule has 2 nitrogen and oxygen atoms in total. The van der Waals surface area contributed by atoms with Crippen LogP contribution < -0.4 is 5.73 Å². The van der Waals surface area contributed by atoms with Crippen LogP contribution >= 0.6 is 0 Å². The van der Waals surface area contributed by atoms with Gasteiger partial charge in [0.15, 0.2) is 0 Å². The highest BCUT2D eigenvalue weighted by molar-refractivity contribution is 4.61. The van der Waals surface area contributed by atoms with Crippen molar-refractivity contribution >= 4 is 0 Å². The van der Waals surface area contributed by atoms with E-state index in [1.165, 1.54) is 0 Å². The summed E-state index contributed by atoms with van der Waals surface area (Å²) in [6.07, 6.45) is 1.44. The van der Waals surface area contributed by atoms with Crippen LogP contribution in [-0.4, -0.2) is 19.3 Å². The van der Waals surface area contributed by atoms with Gasteiger partial charge in [-0.25, -0.2) is 0 Å². The van der Waals surface area contributed by atoms with E-state index in [9.17, 15) is 0 Å². The Kier molecular flexibility index (Phi) is 12.8. The third-order valence-electron chi connectivity index (χ3n) is 2.29. The molecule has 0 spiro atoms. The van der Waals surface area contributed by atoms with Gasteiger partial charge in [0.1, 0.15) is 0 Å². The molecule has 0 aromatic carbocycles. The van der Waals surface area contributed by atoms with Crippen molar-refractivity contribution in [2.45, 2.75) is 54.1 Å². The van der Waals surface area contributed by atoms with Crippen molar-refractivity contribution < 1.29 is 4.74 Å². The Balaban J connectivity index is 0. The number of nitrogens with two attached hydrogens (primary N) is 1. The molecule has 0 radical (unpaired) electrons. The second-order valence-corrected chi connectivity index (χ2v) is 3.91. The Bertz CT molecular complexity index is 104. The van der Waals surface area contributed by atoms with Crippen LogP contribution in [0, 0.1) is 11.8 Å². The van der Waals surface area contributed by atoms with Gasteiger partial charge in [-0.3, -0.25) is 0 Å². The molecular weight excluding hydrogens is 174 g/mol. The quantitative estimate of drug-likeness (QED) is 0.720. The molecule has 0 aromatic heterocycles. The lowest BCUT2D eigenvalue weighted by Crippen LogP contribution is -2.19. The molecule has 0 amide bonds. The van der Waals surface area contributed by atoms with Gasteiger partial charge in [-0.15, -0.1) is 0 Å². The Morgan fingerprint density at radius 3 is 1.86 bits per heavy atom. The first-order valence-corrected chi connectivity index (χ1v) is 5.89. The van der Waals surface area contributed by atoms with Crippen molar-refractivity contribution in [1.29, 1.82) is 0 Å². The maximum absolute atomic E-state index is 5.53. The fourth-order valence-corrected chi connectivity index (χ4v) is 1.06. The van der Waals surface area contributed by atoms with E-state index in [1.807, 2.05) is 13.8 Å². The third kappa shape index (κ3) is 10.0. The smallest absolute Gasteiger partial charge is 0.0519 e. The molecule has 0 fully saturated rings. The lowest BCUT2D eigenvalue weighted by molar-refractivity contribution is 0.0414. The van der Waals surface area contributed by atoms with Gasteiger partial charge < -0.3 is 10.5 Å². The second-order valence-electron chi connectivity index (χ2n) is 3.91. The number of ether oxygens (including phenoxy) is 1. The van der Waals surface area contributed by atoms with E-state index in [0.29, 0.717) is 17.9 Å². The Hall–Kier alpha value is -0.0800. The van der Waals surface area contributed by atoms with Gasteiger partial charge in [0.05, 0.1) is 6.10 Å². The summed E-state index contributed by atoms with van der Waals surface area (Å²) in [4.78, 5) is 0. The predicted octanol–water partition coefficient (Wildman–Crippen LogP) is 3.06. The maximum Gasteiger partial charge on any atom is 0.0519 e. The fourth-order valence-electron chi connectivity index (χ4n) is 1.06. The molecule has 2 heteroatoms. The van der Waals surface area contributed by atoms with E-state index in [4.69, 9.17) is 10.5 Å². The summed E-state index contributed by atoms with van der Waals surface area (Å²) in [6, 6.07) is 0. The Morgan fingerprint density at radius 2 is 1.50 bits per heavy atom.